The maximum absolute atomic E-state index is 12.6. The number of methoxy groups -OCH3 is 1. The maximum atomic E-state index is 12.6. The lowest BCUT2D eigenvalue weighted by Crippen LogP contribution is -2.33. The van der Waals surface area contributed by atoms with Crippen LogP contribution in [0.15, 0.2) is 59.1 Å². The van der Waals surface area contributed by atoms with Crippen molar-refractivity contribution in [3.05, 3.63) is 66.1 Å². The van der Waals surface area contributed by atoms with Gasteiger partial charge in [-0.15, -0.1) is 11.8 Å². The third-order valence-electron chi connectivity index (χ3n) is 4.26. The first-order chi connectivity index (χ1) is 13.6. The van der Waals surface area contributed by atoms with Crippen LogP contribution in [-0.4, -0.2) is 40.4 Å². The van der Waals surface area contributed by atoms with Crippen molar-refractivity contribution in [1.29, 1.82) is 0 Å². The Hall–Kier alpha value is -2.80. The van der Waals surface area contributed by atoms with Gasteiger partial charge in [0.25, 0.3) is 0 Å². The van der Waals surface area contributed by atoms with E-state index >= 15 is 0 Å². The molecular formula is C21H23N3O3S. The van der Waals surface area contributed by atoms with Crippen molar-refractivity contribution in [2.24, 2.45) is 0 Å². The number of carbonyl (C=O) groups excluding carboxylic acids is 1. The number of hydrogen-bond donors (Lipinski definition) is 0. The number of ether oxygens (including phenoxy) is 1. The fraction of sp³-hybridized carbons (Fsp3) is 0.286. The molecular weight excluding hydrogens is 374 g/mol. The number of benzene rings is 2. The van der Waals surface area contributed by atoms with Crippen molar-refractivity contribution >= 4 is 17.7 Å². The highest BCUT2D eigenvalue weighted by Crippen LogP contribution is 2.21. The van der Waals surface area contributed by atoms with E-state index in [1.807, 2.05) is 49.4 Å². The number of rotatable bonds is 8. The molecule has 1 amide bonds. The molecule has 1 heterocycles. The summed E-state index contributed by atoms with van der Waals surface area (Å²) in [5.74, 6) is 2.49. The summed E-state index contributed by atoms with van der Waals surface area (Å²) in [6, 6.07) is 17.5. The van der Waals surface area contributed by atoms with E-state index in [1.165, 1.54) is 5.56 Å². The third kappa shape index (κ3) is 5.13. The summed E-state index contributed by atoms with van der Waals surface area (Å²) in [6.45, 7) is 2.20. The molecule has 0 bridgehead atoms. The molecule has 0 spiro atoms. The lowest BCUT2D eigenvalue weighted by molar-refractivity contribution is -0.129. The number of aromatic nitrogens is 2. The zero-order chi connectivity index (χ0) is 19.9. The second kappa shape index (κ2) is 9.41. The highest BCUT2D eigenvalue weighted by molar-refractivity contribution is 7.99. The fourth-order valence-electron chi connectivity index (χ4n) is 2.63. The highest BCUT2D eigenvalue weighted by atomic mass is 32.2. The molecule has 0 saturated carbocycles. The van der Waals surface area contributed by atoms with Crippen molar-refractivity contribution in [3.8, 4) is 17.1 Å². The molecule has 6 nitrogen and oxygen atoms in total. The van der Waals surface area contributed by atoms with Crippen LogP contribution in [0.2, 0.25) is 0 Å². The molecule has 0 aliphatic carbocycles. The average molecular weight is 398 g/mol. The van der Waals surface area contributed by atoms with E-state index in [9.17, 15) is 4.79 Å². The Balaban J connectivity index is 1.55. The van der Waals surface area contributed by atoms with Crippen LogP contribution in [0.5, 0.6) is 5.75 Å². The molecule has 1 aromatic heterocycles. The Morgan fingerprint density at radius 1 is 1.18 bits per heavy atom. The molecule has 0 saturated heterocycles. The summed E-state index contributed by atoms with van der Waals surface area (Å²) >= 11 is 1.61. The van der Waals surface area contributed by atoms with Crippen LogP contribution in [0, 0.1) is 0 Å². The Morgan fingerprint density at radius 2 is 1.89 bits per heavy atom. The van der Waals surface area contributed by atoms with Crippen LogP contribution in [0.4, 0.5) is 0 Å². The third-order valence-corrected chi connectivity index (χ3v) is 5.46. The lowest BCUT2D eigenvalue weighted by atomic mass is 10.2. The van der Waals surface area contributed by atoms with Crippen LogP contribution in [0.3, 0.4) is 0 Å². The Morgan fingerprint density at radius 3 is 2.57 bits per heavy atom. The number of amides is 1. The van der Waals surface area contributed by atoms with Gasteiger partial charge in [0, 0.05) is 18.4 Å². The van der Waals surface area contributed by atoms with Crippen LogP contribution in [0.25, 0.3) is 11.4 Å². The van der Waals surface area contributed by atoms with E-state index in [0.29, 0.717) is 11.7 Å². The number of nitrogens with zero attached hydrogens (tertiary/aromatic N) is 3. The van der Waals surface area contributed by atoms with Gasteiger partial charge in [-0.1, -0.05) is 35.5 Å². The first-order valence-electron chi connectivity index (χ1n) is 8.94. The van der Waals surface area contributed by atoms with Crippen molar-refractivity contribution < 1.29 is 14.1 Å². The first kappa shape index (κ1) is 19.9. The Kier molecular flexibility index (Phi) is 6.71. The molecule has 0 fully saturated rings. The summed E-state index contributed by atoms with van der Waals surface area (Å²) in [5, 5.41) is 3.85. The minimum Gasteiger partial charge on any atom is -0.497 e. The van der Waals surface area contributed by atoms with Crippen molar-refractivity contribution in [3.63, 3.8) is 0 Å². The van der Waals surface area contributed by atoms with E-state index in [4.69, 9.17) is 9.26 Å². The van der Waals surface area contributed by atoms with E-state index < -0.39 is 0 Å². The molecule has 3 rings (SSSR count). The molecule has 3 aromatic rings. The summed E-state index contributed by atoms with van der Waals surface area (Å²) in [4.78, 5) is 18.6. The molecule has 0 aliphatic rings. The summed E-state index contributed by atoms with van der Waals surface area (Å²) in [6.07, 6.45) is 0. The van der Waals surface area contributed by atoms with Crippen molar-refractivity contribution in [1.82, 2.24) is 15.0 Å². The molecule has 146 valence electrons. The molecule has 0 aliphatic heterocycles. The van der Waals surface area contributed by atoms with Gasteiger partial charge in [-0.25, -0.2) is 0 Å². The zero-order valence-electron chi connectivity index (χ0n) is 16.2. The van der Waals surface area contributed by atoms with E-state index in [2.05, 4.69) is 22.3 Å². The predicted molar refractivity (Wildman–Crippen MR) is 110 cm³/mol. The van der Waals surface area contributed by atoms with Gasteiger partial charge in [0.15, 0.2) is 0 Å². The van der Waals surface area contributed by atoms with Crippen LogP contribution in [-0.2, 0) is 17.1 Å². The van der Waals surface area contributed by atoms with Gasteiger partial charge in [-0.3, -0.25) is 4.79 Å². The summed E-state index contributed by atoms with van der Waals surface area (Å²) in [5.41, 5.74) is 2.03. The maximum Gasteiger partial charge on any atom is 0.246 e. The number of hydrogen-bond acceptors (Lipinski definition) is 6. The molecule has 1 atom stereocenters. The Bertz CT molecular complexity index is 897. The summed E-state index contributed by atoms with van der Waals surface area (Å²) in [7, 11) is 3.37. The van der Waals surface area contributed by atoms with Crippen LogP contribution >= 0.6 is 11.8 Å². The number of thioether (sulfide) groups is 1. The quantitative estimate of drug-likeness (QED) is 0.572. The molecule has 7 heteroatoms. The van der Waals surface area contributed by atoms with Gasteiger partial charge < -0.3 is 14.2 Å². The van der Waals surface area contributed by atoms with Gasteiger partial charge in [-0.2, -0.15) is 4.98 Å². The standard InChI is InChI=1S/C21H23N3O3S/c1-15(28-14-16-7-5-4-6-8-16)21(25)24(2)13-19-22-20(23-27-19)17-9-11-18(26-3)12-10-17/h4-12,15H,13-14H2,1-3H3/t15-/m1/s1. The predicted octanol–water partition coefficient (Wildman–Crippen LogP) is 4.03. The molecule has 2 aromatic carbocycles. The normalized spacial score (nSPS) is 11.8. The van der Waals surface area contributed by atoms with Gasteiger partial charge in [-0.05, 0) is 36.8 Å². The second-order valence-electron chi connectivity index (χ2n) is 6.37. The zero-order valence-corrected chi connectivity index (χ0v) is 17.0. The Labute approximate surface area is 168 Å². The highest BCUT2D eigenvalue weighted by Gasteiger charge is 2.20. The largest absolute Gasteiger partial charge is 0.497 e. The second-order valence-corrected chi connectivity index (χ2v) is 7.70. The topological polar surface area (TPSA) is 68.5 Å². The van der Waals surface area contributed by atoms with Gasteiger partial charge >= 0.3 is 0 Å². The summed E-state index contributed by atoms with van der Waals surface area (Å²) < 4.78 is 10.5. The van der Waals surface area contributed by atoms with Gasteiger partial charge in [0.1, 0.15) is 5.75 Å². The lowest BCUT2D eigenvalue weighted by Gasteiger charge is -2.19. The van der Waals surface area contributed by atoms with Gasteiger partial charge in [0.05, 0.1) is 18.9 Å². The van der Waals surface area contributed by atoms with Crippen molar-refractivity contribution in [2.45, 2.75) is 24.5 Å². The minimum atomic E-state index is -0.158. The van der Waals surface area contributed by atoms with Crippen LogP contribution < -0.4 is 4.74 Å². The monoisotopic (exact) mass is 397 g/mol. The minimum absolute atomic E-state index is 0.0325. The fourth-order valence-corrected chi connectivity index (χ4v) is 3.59. The van der Waals surface area contributed by atoms with Crippen LogP contribution in [0.1, 0.15) is 18.4 Å². The SMILES string of the molecule is COc1ccc(-c2noc(CN(C)C(=O)[C@@H](C)SCc3ccccc3)n2)cc1. The van der Waals surface area contributed by atoms with E-state index in [-0.39, 0.29) is 17.7 Å². The molecule has 0 N–H and O–H groups in total. The molecule has 0 unspecified atom stereocenters. The van der Waals surface area contributed by atoms with Crippen molar-refractivity contribution in [2.75, 3.05) is 14.2 Å². The average Bonchev–Trinajstić information content (AvgIpc) is 3.20. The smallest absolute Gasteiger partial charge is 0.246 e. The van der Waals surface area contributed by atoms with E-state index in [0.717, 1.165) is 17.1 Å². The first-order valence-corrected chi connectivity index (χ1v) is 9.99. The molecule has 0 radical (unpaired) electrons. The molecule has 28 heavy (non-hydrogen) atoms. The van der Waals surface area contributed by atoms with Gasteiger partial charge in [0.2, 0.25) is 17.6 Å². The number of carbonyl (C=O) groups is 1. The van der Waals surface area contributed by atoms with E-state index in [1.54, 1.807) is 30.8 Å².